The summed E-state index contributed by atoms with van der Waals surface area (Å²) >= 11 is 7.18. The van der Waals surface area contributed by atoms with E-state index in [1.165, 1.54) is 11.8 Å². The Morgan fingerprint density at radius 1 is 1.14 bits per heavy atom. The molecule has 0 N–H and O–H groups in total. The second kappa shape index (κ2) is 9.61. The van der Waals surface area contributed by atoms with Gasteiger partial charge in [-0.15, -0.1) is 10.2 Å². The second-order valence-electron chi connectivity index (χ2n) is 5.86. The molecule has 1 aromatic heterocycles. The molecule has 28 heavy (non-hydrogen) atoms. The molecule has 8 heteroatoms. The molecule has 1 atom stereocenters. The molecule has 0 aliphatic rings. The maximum Gasteiger partial charge on any atom is 0.324 e. The van der Waals surface area contributed by atoms with E-state index in [-0.39, 0.29) is 12.6 Å². The molecule has 3 rings (SSSR count). The number of esters is 1. The van der Waals surface area contributed by atoms with Gasteiger partial charge >= 0.3 is 5.97 Å². The minimum absolute atomic E-state index is 0.251. The first kappa shape index (κ1) is 20.2. The molecule has 0 aliphatic carbocycles. The standard InChI is InChI=1S/C20H20ClN3O3S/c1-3-26-19(25)18(14-7-5-4-6-8-14)28-20-23-22-17(24(20)2)13-27-16-11-9-15(21)10-12-16/h4-12,18H,3,13H2,1-2H3/t18-/m0/s1. The molecular weight excluding hydrogens is 398 g/mol. The smallest absolute Gasteiger partial charge is 0.324 e. The van der Waals surface area contributed by atoms with Gasteiger partial charge in [0.15, 0.2) is 11.0 Å². The van der Waals surface area contributed by atoms with Crippen molar-refractivity contribution in [2.75, 3.05) is 6.61 Å². The molecular formula is C20H20ClN3O3S. The molecule has 0 saturated carbocycles. The van der Waals surface area contributed by atoms with Crippen LogP contribution in [0, 0.1) is 0 Å². The molecule has 2 aromatic carbocycles. The minimum Gasteiger partial charge on any atom is -0.486 e. The van der Waals surface area contributed by atoms with Crippen molar-refractivity contribution in [3.05, 3.63) is 71.0 Å². The number of ether oxygens (including phenoxy) is 2. The van der Waals surface area contributed by atoms with Crippen LogP contribution in [0.3, 0.4) is 0 Å². The van der Waals surface area contributed by atoms with Crippen LogP contribution in [0.4, 0.5) is 0 Å². The number of nitrogens with zero attached hydrogens (tertiary/aromatic N) is 3. The van der Waals surface area contributed by atoms with Gasteiger partial charge in [-0.2, -0.15) is 0 Å². The van der Waals surface area contributed by atoms with Gasteiger partial charge in [-0.3, -0.25) is 4.79 Å². The summed E-state index contributed by atoms with van der Waals surface area (Å²) in [4.78, 5) is 12.5. The molecule has 0 unspecified atom stereocenters. The number of thioether (sulfide) groups is 1. The van der Waals surface area contributed by atoms with Crippen LogP contribution in [-0.2, 0) is 23.2 Å². The van der Waals surface area contributed by atoms with Crippen molar-refractivity contribution >= 4 is 29.3 Å². The van der Waals surface area contributed by atoms with E-state index in [2.05, 4.69) is 10.2 Å². The maximum absolute atomic E-state index is 12.5. The maximum atomic E-state index is 12.5. The minimum atomic E-state index is -0.519. The number of hydrogen-bond donors (Lipinski definition) is 0. The first-order chi connectivity index (χ1) is 13.6. The monoisotopic (exact) mass is 417 g/mol. The molecule has 0 aliphatic heterocycles. The Balaban J connectivity index is 1.73. The summed E-state index contributed by atoms with van der Waals surface area (Å²) in [6, 6.07) is 16.6. The van der Waals surface area contributed by atoms with E-state index >= 15 is 0 Å². The summed E-state index contributed by atoms with van der Waals surface area (Å²) in [5, 5.41) is 9.14. The quantitative estimate of drug-likeness (QED) is 0.398. The average Bonchev–Trinajstić information content (AvgIpc) is 3.06. The highest BCUT2D eigenvalue weighted by molar-refractivity contribution is 8.00. The Bertz CT molecular complexity index is 916. The van der Waals surface area contributed by atoms with Crippen LogP contribution in [0.25, 0.3) is 0 Å². The van der Waals surface area contributed by atoms with Crippen molar-refractivity contribution in [3.8, 4) is 5.75 Å². The van der Waals surface area contributed by atoms with Crippen molar-refractivity contribution in [2.45, 2.75) is 23.9 Å². The van der Waals surface area contributed by atoms with Crippen molar-refractivity contribution in [3.63, 3.8) is 0 Å². The van der Waals surface area contributed by atoms with Gasteiger partial charge in [0.25, 0.3) is 0 Å². The average molecular weight is 418 g/mol. The van der Waals surface area contributed by atoms with Gasteiger partial charge in [-0.1, -0.05) is 53.7 Å². The molecule has 0 spiro atoms. The van der Waals surface area contributed by atoms with Crippen molar-refractivity contribution in [2.24, 2.45) is 7.05 Å². The molecule has 6 nitrogen and oxygen atoms in total. The van der Waals surface area contributed by atoms with Crippen molar-refractivity contribution < 1.29 is 14.3 Å². The lowest BCUT2D eigenvalue weighted by atomic mass is 10.1. The molecule has 0 saturated heterocycles. The second-order valence-corrected chi connectivity index (χ2v) is 7.37. The summed E-state index contributed by atoms with van der Waals surface area (Å²) in [7, 11) is 1.84. The molecule has 0 radical (unpaired) electrons. The third-order valence-corrected chi connectivity index (χ3v) is 5.45. The summed E-state index contributed by atoms with van der Waals surface area (Å²) < 4.78 is 12.8. The number of halogens is 1. The molecule has 3 aromatic rings. The van der Waals surface area contributed by atoms with E-state index in [0.717, 1.165) is 5.56 Å². The van der Waals surface area contributed by atoms with E-state index < -0.39 is 5.25 Å². The van der Waals surface area contributed by atoms with Crippen molar-refractivity contribution in [1.82, 2.24) is 14.8 Å². The van der Waals surface area contributed by atoms with Crippen LogP contribution in [0.15, 0.2) is 59.8 Å². The van der Waals surface area contributed by atoms with E-state index in [1.807, 2.05) is 41.9 Å². The Kier molecular flexibility index (Phi) is 6.95. The number of carbonyl (C=O) groups excluding carboxylic acids is 1. The molecule has 1 heterocycles. The van der Waals surface area contributed by atoms with Gasteiger partial charge in [0.05, 0.1) is 6.61 Å². The fraction of sp³-hybridized carbons (Fsp3) is 0.250. The van der Waals surface area contributed by atoms with Gasteiger partial charge < -0.3 is 14.0 Å². The van der Waals surface area contributed by atoms with Crippen LogP contribution >= 0.6 is 23.4 Å². The van der Waals surface area contributed by atoms with Crippen LogP contribution in [0.5, 0.6) is 5.75 Å². The first-order valence-electron chi connectivity index (χ1n) is 8.73. The van der Waals surface area contributed by atoms with Gasteiger partial charge in [-0.25, -0.2) is 0 Å². The Hall–Kier alpha value is -2.51. The number of carbonyl (C=O) groups is 1. The van der Waals surface area contributed by atoms with E-state index in [4.69, 9.17) is 21.1 Å². The predicted molar refractivity (Wildman–Crippen MR) is 108 cm³/mol. The highest BCUT2D eigenvalue weighted by atomic mass is 35.5. The van der Waals surface area contributed by atoms with Gasteiger partial charge in [-0.05, 0) is 36.8 Å². The lowest BCUT2D eigenvalue weighted by molar-refractivity contribution is -0.142. The summed E-state index contributed by atoms with van der Waals surface area (Å²) in [6.07, 6.45) is 0. The van der Waals surface area contributed by atoms with Crippen molar-refractivity contribution in [1.29, 1.82) is 0 Å². The zero-order chi connectivity index (χ0) is 19.9. The lowest BCUT2D eigenvalue weighted by Crippen LogP contribution is -2.14. The molecule has 0 amide bonds. The van der Waals surface area contributed by atoms with Crippen LogP contribution in [0.2, 0.25) is 5.02 Å². The number of hydrogen-bond acceptors (Lipinski definition) is 6. The molecule has 146 valence electrons. The fourth-order valence-corrected chi connectivity index (χ4v) is 3.60. The van der Waals surface area contributed by atoms with Gasteiger partial charge in [0, 0.05) is 12.1 Å². The number of aromatic nitrogens is 3. The predicted octanol–water partition coefficient (Wildman–Crippen LogP) is 4.44. The van der Waals surface area contributed by atoms with Gasteiger partial charge in [0.1, 0.15) is 17.6 Å². The Morgan fingerprint density at radius 3 is 2.54 bits per heavy atom. The summed E-state index contributed by atoms with van der Waals surface area (Å²) in [5.41, 5.74) is 0.855. The van der Waals surface area contributed by atoms with E-state index in [0.29, 0.717) is 28.4 Å². The SMILES string of the molecule is CCOC(=O)[C@@H](Sc1nnc(COc2ccc(Cl)cc2)n1C)c1ccccc1. The van der Waals surface area contributed by atoms with Crippen LogP contribution in [0.1, 0.15) is 23.6 Å². The highest BCUT2D eigenvalue weighted by Crippen LogP contribution is 2.35. The van der Waals surface area contributed by atoms with Gasteiger partial charge in [0.2, 0.25) is 0 Å². The fourth-order valence-electron chi connectivity index (χ4n) is 2.46. The normalized spacial score (nSPS) is 11.8. The lowest BCUT2D eigenvalue weighted by Gasteiger charge is -2.15. The Morgan fingerprint density at radius 2 is 1.86 bits per heavy atom. The third-order valence-electron chi connectivity index (χ3n) is 3.93. The van der Waals surface area contributed by atoms with Crippen LogP contribution < -0.4 is 4.74 Å². The molecule has 0 fully saturated rings. The first-order valence-corrected chi connectivity index (χ1v) is 9.99. The number of rotatable bonds is 8. The highest BCUT2D eigenvalue weighted by Gasteiger charge is 2.26. The summed E-state index contributed by atoms with van der Waals surface area (Å²) in [6.45, 7) is 2.36. The van der Waals surface area contributed by atoms with E-state index in [1.54, 1.807) is 31.2 Å². The topological polar surface area (TPSA) is 66.2 Å². The third kappa shape index (κ3) is 5.05. The van der Waals surface area contributed by atoms with E-state index in [9.17, 15) is 4.79 Å². The number of benzene rings is 2. The summed E-state index contributed by atoms with van der Waals surface area (Å²) in [5.74, 6) is 1.03. The van der Waals surface area contributed by atoms with Crippen LogP contribution in [-0.4, -0.2) is 27.3 Å². The zero-order valence-electron chi connectivity index (χ0n) is 15.5. The largest absolute Gasteiger partial charge is 0.486 e. The zero-order valence-corrected chi connectivity index (χ0v) is 17.1. The Labute approximate surface area is 172 Å². The molecule has 0 bridgehead atoms.